The van der Waals surface area contributed by atoms with Crippen molar-refractivity contribution in [2.75, 3.05) is 6.61 Å². The van der Waals surface area contributed by atoms with Crippen molar-refractivity contribution in [2.45, 2.75) is 26.3 Å². The first-order valence-corrected chi connectivity index (χ1v) is 6.88. The molecule has 0 bridgehead atoms. The van der Waals surface area contributed by atoms with E-state index in [0.717, 1.165) is 0 Å². The highest BCUT2D eigenvalue weighted by molar-refractivity contribution is 9.10. The van der Waals surface area contributed by atoms with Gasteiger partial charge in [0.1, 0.15) is 5.54 Å². The largest absolute Gasteiger partial charge is 0.481 e. The number of hydrogen-bond acceptors (Lipinski definition) is 3. The number of rotatable bonds is 5. The van der Waals surface area contributed by atoms with Crippen LogP contribution < -0.4 is 10.1 Å². The molecule has 108 valence electrons. The van der Waals surface area contributed by atoms with Crippen LogP contribution in [0.15, 0.2) is 22.7 Å². The number of amides is 1. The minimum absolute atomic E-state index is 0.00782. The summed E-state index contributed by atoms with van der Waals surface area (Å²) in [6, 6.07) is 6.35. The van der Waals surface area contributed by atoms with Gasteiger partial charge >= 0.3 is 0 Å². The molecule has 0 fully saturated rings. The van der Waals surface area contributed by atoms with Gasteiger partial charge in [0.05, 0.1) is 6.07 Å². The second kappa shape index (κ2) is 6.71. The van der Waals surface area contributed by atoms with Gasteiger partial charge in [-0.2, -0.15) is 5.26 Å². The van der Waals surface area contributed by atoms with E-state index >= 15 is 0 Å². The van der Waals surface area contributed by atoms with Crippen LogP contribution >= 0.6 is 15.9 Å². The van der Waals surface area contributed by atoms with E-state index in [2.05, 4.69) is 27.3 Å². The molecule has 20 heavy (non-hydrogen) atoms. The fourth-order valence-electron chi connectivity index (χ4n) is 1.36. The molecule has 0 saturated heterocycles. The van der Waals surface area contributed by atoms with E-state index in [1.165, 1.54) is 12.1 Å². The quantitative estimate of drug-likeness (QED) is 0.894. The third-order valence-corrected chi connectivity index (χ3v) is 3.53. The van der Waals surface area contributed by atoms with Crippen LogP contribution in [0.5, 0.6) is 5.75 Å². The van der Waals surface area contributed by atoms with Crippen molar-refractivity contribution in [2.24, 2.45) is 5.92 Å². The lowest BCUT2D eigenvalue weighted by atomic mass is 9.90. The fraction of sp³-hybridized carbons (Fsp3) is 0.429. The molecule has 0 aliphatic rings. The summed E-state index contributed by atoms with van der Waals surface area (Å²) in [4.78, 5) is 11.8. The smallest absolute Gasteiger partial charge is 0.259 e. The molecule has 1 atom stereocenters. The Morgan fingerprint density at radius 3 is 2.75 bits per heavy atom. The van der Waals surface area contributed by atoms with Crippen LogP contribution in [0.4, 0.5) is 4.39 Å². The summed E-state index contributed by atoms with van der Waals surface area (Å²) in [7, 11) is 0. The molecule has 1 N–H and O–H groups in total. The Labute approximate surface area is 126 Å². The molecule has 6 heteroatoms. The van der Waals surface area contributed by atoms with Crippen molar-refractivity contribution < 1.29 is 13.9 Å². The van der Waals surface area contributed by atoms with Gasteiger partial charge in [-0.15, -0.1) is 0 Å². The lowest BCUT2D eigenvalue weighted by Crippen LogP contribution is -2.50. The zero-order valence-corrected chi connectivity index (χ0v) is 13.1. The highest BCUT2D eigenvalue weighted by atomic mass is 79.9. The van der Waals surface area contributed by atoms with E-state index < -0.39 is 17.3 Å². The number of hydrogen-bond donors (Lipinski definition) is 1. The van der Waals surface area contributed by atoms with E-state index in [0.29, 0.717) is 4.47 Å². The Balaban J connectivity index is 2.62. The molecule has 0 aliphatic carbocycles. The normalized spacial score (nSPS) is 13.4. The maximum Gasteiger partial charge on any atom is 0.259 e. The molecule has 0 saturated carbocycles. The van der Waals surface area contributed by atoms with Gasteiger partial charge in [-0.05, 0) is 31.0 Å². The van der Waals surface area contributed by atoms with E-state index in [4.69, 9.17) is 10.00 Å². The minimum Gasteiger partial charge on any atom is -0.481 e. The first-order valence-electron chi connectivity index (χ1n) is 6.08. The van der Waals surface area contributed by atoms with Crippen LogP contribution in [0.2, 0.25) is 0 Å². The summed E-state index contributed by atoms with van der Waals surface area (Å²) in [5.41, 5.74) is -0.974. The van der Waals surface area contributed by atoms with Crippen molar-refractivity contribution in [3.05, 3.63) is 28.5 Å². The van der Waals surface area contributed by atoms with Gasteiger partial charge in [-0.25, -0.2) is 4.39 Å². The van der Waals surface area contributed by atoms with E-state index in [9.17, 15) is 9.18 Å². The predicted molar refractivity (Wildman–Crippen MR) is 76.6 cm³/mol. The number of nitrogens with zero attached hydrogens (tertiary/aromatic N) is 1. The van der Waals surface area contributed by atoms with Crippen LogP contribution in [0.3, 0.4) is 0 Å². The topological polar surface area (TPSA) is 62.1 Å². The molecular weight excluding hydrogens is 327 g/mol. The molecule has 0 aromatic heterocycles. The van der Waals surface area contributed by atoms with E-state index in [1.54, 1.807) is 13.0 Å². The predicted octanol–water partition coefficient (Wildman–Crippen LogP) is 3.02. The average Bonchev–Trinajstić information content (AvgIpc) is 2.37. The number of nitrogens with one attached hydrogen (secondary N) is 1. The fourth-order valence-corrected chi connectivity index (χ4v) is 1.70. The van der Waals surface area contributed by atoms with Gasteiger partial charge in [-0.3, -0.25) is 4.79 Å². The van der Waals surface area contributed by atoms with Gasteiger partial charge < -0.3 is 10.1 Å². The summed E-state index contributed by atoms with van der Waals surface area (Å²) >= 11 is 3.13. The SMILES string of the molecule is CC(C)[C@@](C)(C#N)NC(=O)COc1ccc(Br)cc1F. The Morgan fingerprint density at radius 2 is 2.25 bits per heavy atom. The maximum absolute atomic E-state index is 13.5. The van der Waals surface area contributed by atoms with Crippen LogP contribution in [0.1, 0.15) is 20.8 Å². The first-order chi connectivity index (χ1) is 9.28. The molecule has 0 spiro atoms. The lowest BCUT2D eigenvalue weighted by molar-refractivity contribution is -0.124. The molecule has 0 unspecified atom stereocenters. The van der Waals surface area contributed by atoms with E-state index in [-0.39, 0.29) is 18.3 Å². The highest BCUT2D eigenvalue weighted by Gasteiger charge is 2.30. The van der Waals surface area contributed by atoms with Crippen molar-refractivity contribution in [3.8, 4) is 11.8 Å². The summed E-state index contributed by atoms with van der Waals surface area (Å²) in [6.07, 6.45) is 0. The molecule has 1 rings (SSSR count). The minimum atomic E-state index is -0.974. The van der Waals surface area contributed by atoms with Crippen molar-refractivity contribution in [1.29, 1.82) is 5.26 Å². The zero-order valence-electron chi connectivity index (χ0n) is 11.5. The van der Waals surface area contributed by atoms with Gasteiger partial charge in [0.2, 0.25) is 0 Å². The number of carbonyl (C=O) groups excluding carboxylic acids is 1. The van der Waals surface area contributed by atoms with Crippen LogP contribution in [-0.4, -0.2) is 18.1 Å². The molecule has 0 radical (unpaired) electrons. The average molecular weight is 343 g/mol. The van der Waals surface area contributed by atoms with Crippen LogP contribution in [-0.2, 0) is 4.79 Å². The van der Waals surface area contributed by atoms with Gasteiger partial charge in [0, 0.05) is 4.47 Å². The summed E-state index contributed by atoms with van der Waals surface area (Å²) in [5, 5.41) is 11.7. The van der Waals surface area contributed by atoms with Crippen molar-refractivity contribution >= 4 is 21.8 Å². The van der Waals surface area contributed by atoms with Crippen LogP contribution in [0, 0.1) is 23.1 Å². The molecule has 0 aliphatic heterocycles. The second-order valence-electron chi connectivity index (χ2n) is 4.88. The van der Waals surface area contributed by atoms with Gasteiger partial charge in [0.15, 0.2) is 18.2 Å². The summed E-state index contributed by atoms with van der Waals surface area (Å²) in [6.45, 7) is 4.95. The van der Waals surface area contributed by atoms with E-state index in [1.807, 2.05) is 13.8 Å². The number of carbonyl (C=O) groups is 1. The Morgan fingerprint density at radius 1 is 1.60 bits per heavy atom. The summed E-state index contributed by atoms with van der Waals surface area (Å²) in [5.74, 6) is -1.09. The molecule has 1 aromatic carbocycles. The third-order valence-electron chi connectivity index (χ3n) is 3.04. The number of nitriles is 1. The Kier molecular flexibility index (Phi) is 5.52. The molecule has 1 aromatic rings. The number of ether oxygens (including phenoxy) is 1. The second-order valence-corrected chi connectivity index (χ2v) is 5.80. The highest BCUT2D eigenvalue weighted by Crippen LogP contribution is 2.21. The monoisotopic (exact) mass is 342 g/mol. The molecule has 1 amide bonds. The standard InChI is InChI=1S/C14H16BrFN2O2/c1-9(2)14(3,8-17)18-13(19)7-20-12-5-4-10(15)6-11(12)16/h4-6,9H,7H2,1-3H3,(H,18,19)/t14-/m1/s1. The third kappa shape index (κ3) is 4.20. The molecular formula is C14H16BrFN2O2. The lowest BCUT2D eigenvalue weighted by Gasteiger charge is -2.27. The van der Waals surface area contributed by atoms with Gasteiger partial charge in [-0.1, -0.05) is 29.8 Å². The van der Waals surface area contributed by atoms with Crippen LogP contribution in [0.25, 0.3) is 0 Å². The molecule has 0 heterocycles. The summed E-state index contributed by atoms with van der Waals surface area (Å²) < 4.78 is 19.2. The Bertz CT molecular complexity index is 542. The number of benzene rings is 1. The Hall–Kier alpha value is -1.61. The first kappa shape index (κ1) is 16.4. The zero-order chi connectivity index (χ0) is 15.3. The van der Waals surface area contributed by atoms with Crippen molar-refractivity contribution in [3.63, 3.8) is 0 Å². The number of halogens is 2. The molecule has 4 nitrogen and oxygen atoms in total. The maximum atomic E-state index is 13.5. The van der Waals surface area contributed by atoms with Crippen molar-refractivity contribution in [1.82, 2.24) is 5.32 Å². The van der Waals surface area contributed by atoms with Gasteiger partial charge in [0.25, 0.3) is 5.91 Å².